The molecule has 1 aliphatic rings. The van der Waals surface area contributed by atoms with Crippen molar-refractivity contribution in [1.82, 2.24) is 9.66 Å². The van der Waals surface area contributed by atoms with Gasteiger partial charge in [-0.1, -0.05) is 31.4 Å². The molecule has 1 aromatic heterocycles. The molecule has 1 heterocycles. The molecule has 2 aromatic carbocycles. The van der Waals surface area contributed by atoms with Crippen molar-refractivity contribution in [1.29, 1.82) is 0 Å². The zero-order chi connectivity index (χ0) is 22.0. The molecule has 0 atom stereocenters. The van der Waals surface area contributed by atoms with Crippen molar-refractivity contribution < 1.29 is 9.53 Å². The molecule has 6 nitrogen and oxygen atoms in total. The molecule has 0 bridgehead atoms. The Hall–Kier alpha value is -2.32. The van der Waals surface area contributed by atoms with Crippen molar-refractivity contribution in [2.75, 3.05) is 0 Å². The monoisotopic (exact) mass is 545 g/mol. The number of hydrogen-bond acceptors (Lipinski definition) is 5. The Morgan fingerprint density at radius 3 is 2.52 bits per heavy atom. The molecule has 0 spiro atoms. The van der Waals surface area contributed by atoms with Crippen molar-refractivity contribution in [3.63, 3.8) is 0 Å². The van der Waals surface area contributed by atoms with Crippen LogP contribution in [0.25, 0.3) is 10.9 Å². The van der Waals surface area contributed by atoms with Gasteiger partial charge in [0.05, 0.1) is 26.1 Å². The van der Waals surface area contributed by atoms with Crippen molar-refractivity contribution >= 4 is 54.9 Å². The van der Waals surface area contributed by atoms with Crippen molar-refractivity contribution in [2.45, 2.75) is 44.9 Å². The molecule has 3 aromatic rings. The SMILES string of the molecule is CC(=O)Oc1c(Br)cc(C=Nn2c(C3CCCCC3)nc3ccccc3c2=O)cc1Br. The summed E-state index contributed by atoms with van der Waals surface area (Å²) in [5.74, 6) is 0.924. The van der Waals surface area contributed by atoms with Gasteiger partial charge in [-0.3, -0.25) is 9.59 Å². The van der Waals surface area contributed by atoms with E-state index >= 15 is 0 Å². The number of para-hydroxylation sites is 1. The quantitative estimate of drug-likeness (QED) is 0.236. The highest BCUT2D eigenvalue weighted by Gasteiger charge is 2.22. The highest BCUT2D eigenvalue weighted by molar-refractivity contribution is 9.11. The lowest BCUT2D eigenvalue weighted by Crippen LogP contribution is -2.25. The molecule has 1 aliphatic carbocycles. The molecule has 31 heavy (non-hydrogen) atoms. The highest BCUT2D eigenvalue weighted by atomic mass is 79.9. The van der Waals surface area contributed by atoms with Crippen molar-refractivity contribution in [3.05, 3.63) is 67.1 Å². The number of benzene rings is 2. The lowest BCUT2D eigenvalue weighted by atomic mass is 9.88. The van der Waals surface area contributed by atoms with Crippen LogP contribution in [0.5, 0.6) is 5.75 Å². The second-order valence-corrected chi connectivity index (χ2v) is 9.30. The number of halogens is 2. The van der Waals surface area contributed by atoms with Gasteiger partial charge in [-0.15, -0.1) is 0 Å². The Bertz CT molecular complexity index is 1210. The van der Waals surface area contributed by atoms with Crippen LogP contribution in [0.3, 0.4) is 0 Å². The van der Waals surface area contributed by atoms with Crippen LogP contribution in [0.15, 0.2) is 55.2 Å². The average Bonchev–Trinajstić information content (AvgIpc) is 2.76. The van der Waals surface area contributed by atoms with Crippen LogP contribution in [0.4, 0.5) is 0 Å². The normalized spacial score (nSPS) is 14.9. The van der Waals surface area contributed by atoms with Gasteiger partial charge in [0.25, 0.3) is 5.56 Å². The van der Waals surface area contributed by atoms with Gasteiger partial charge in [-0.2, -0.15) is 9.78 Å². The first-order chi connectivity index (χ1) is 14.9. The molecule has 0 radical (unpaired) electrons. The van der Waals surface area contributed by atoms with Gasteiger partial charge in [0.15, 0.2) is 5.75 Å². The Kier molecular flexibility index (Phi) is 6.67. The number of rotatable bonds is 4. The van der Waals surface area contributed by atoms with E-state index in [1.807, 2.05) is 18.2 Å². The Morgan fingerprint density at radius 2 is 1.84 bits per heavy atom. The van der Waals surface area contributed by atoms with Gasteiger partial charge >= 0.3 is 5.97 Å². The predicted molar refractivity (Wildman–Crippen MR) is 128 cm³/mol. The smallest absolute Gasteiger partial charge is 0.308 e. The van der Waals surface area contributed by atoms with Gasteiger partial charge < -0.3 is 4.74 Å². The summed E-state index contributed by atoms with van der Waals surface area (Å²) in [6, 6.07) is 11.0. The maximum atomic E-state index is 13.3. The third-order valence-corrected chi connectivity index (χ3v) is 6.52. The molecule has 0 aliphatic heterocycles. The van der Waals surface area contributed by atoms with Crippen molar-refractivity contribution in [3.8, 4) is 5.75 Å². The molecular formula is C23H21Br2N3O3. The zero-order valence-corrected chi connectivity index (χ0v) is 20.1. The van der Waals surface area contributed by atoms with Crippen LogP contribution in [0, 0.1) is 0 Å². The molecular weight excluding hydrogens is 526 g/mol. The molecule has 1 saturated carbocycles. The van der Waals surface area contributed by atoms with E-state index in [2.05, 4.69) is 37.0 Å². The van der Waals surface area contributed by atoms with Gasteiger partial charge in [-0.05, 0) is 74.5 Å². The predicted octanol–water partition coefficient (Wildman–Crippen LogP) is 5.78. The number of esters is 1. The minimum absolute atomic E-state index is 0.169. The van der Waals surface area contributed by atoms with Crippen LogP contribution in [0.1, 0.15) is 56.3 Å². The summed E-state index contributed by atoms with van der Waals surface area (Å²) in [7, 11) is 0. The van der Waals surface area contributed by atoms with E-state index in [4.69, 9.17) is 9.72 Å². The molecule has 0 unspecified atom stereocenters. The molecule has 4 rings (SSSR count). The lowest BCUT2D eigenvalue weighted by Gasteiger charge is -2.22. The van der Waals surface area contributed by atoms with E-state index in [1.165, 1.54) is 18.0 Å². The van der Waals surface area contributed by atoms with Gasteiger partial charge in [0.1, 0.15) is 5.82 Å². The number of aromatic nitrogens is 2. The number of carbonyl (C=O) groups is 1. The number of fused-ring (bicyclic) bond motifs is 1. The minimum Gasteiger partial charge on any atom is -0.424 e. The third-order valence-electron chi connectivity index (χ3n) is 5.34. The van der Waals surface area contributed by atoms with E-state index in [1.54, 1.807) is 24.4 Å². The number of ether oxygens (including phenoxy) is 1. The number of carbonyl (C=O) groups excluding carboxylic acids is 1. The van der Waals surface area contributed by atoms with Crippen molar-refractivity contribution in [2.24, 2.45) is 5.10 Å². The van der Waals surface area contributed by atoms with E-state index in [9.17, 15) is 9.59 Å². The van der Waals surface area contributed by atoms with E-state index in [0.717, 1.165) is 31.2 Å². The van der Waals surface area contributed by atoms with E-state index in [-0.39, 0.29) is 11.5 Å². The fourth-order valence-corrected chi connectivity index (χ4v) is 5.28. The van der Waals surface area contributed by atoms with E-state index < -0.39 is 5.97 Å². The Labute approximate surface area is 196 Å². The molecule has 1 fully saturated rings. The van der Waals surface area contributed by atoms with Crippen LogP contribution < -0.4 is 10.3 Å². The summed E-state index contributed by atoms with van der Waals surface area (Å²) >= 11 is 6.85. The van der Waals surface area contributed by atoms with Crippen LogP contribution in [-0.2, 0) is 4.79 Å². The summed E-state index contributed by atoms with van der Waals surface area (Å²) < 4.78 is 7.87. The first kappa shape index (κ1) is 21.9. The first-order valence-electron chi connectivity index (χ1n) is 10.2. The molecule has 0 amide bonds. The van der Waals surface area contributed by atoms with Crippen LogP contribution in [-0.4, -0.2) is 21.8 Å². The maximum absolute atomic E-state index is 13.3. The summed E-state index contributed by atoms with van der Waals surface area (Å²) in [4.78, 5) is 29.4. The average molecular weight is 547 g/mol. The van der Waals surface area contributed by atoms with Gasteiger partial charge in [0, 0.05) is 12.8 Å². The summed E-state index contributed by atoms with van der Waals surface area (Å²) in [5, 5.41) is 5.09. The standard InChI is InChI=1S/C23H21Br2N3O3/c1-14(29)31-21-18(24)11-15(12-19(21)25)13-26-28-22(16-7-3-2-4-8-16)27-20-10-6-5-9-17(20)23(28)30/h5-6,9-13,16H,2-4,7-8H2,1H3. The fraction of sp³-hybridized carbons (Fsp3) is 0.304. The van der Waals surface area contributed by atoms with Gasteiger partial charge in [0.2, 0.25) is 0 Å². The van der Waals surface area contributed by atoms with Gasteiger partial charge in [-0.25, -0.2) is 4.98 Å². The zero-order valence-electron chi connectivity index (χ0n) is 17.0. The largest absolute Gasteiger partial charge is 0.424 e. The summed E-state index contributed by atoms with van der Waals surface area (Å²) in [6.07, 6.45) is 7.12. The third kappa shape index (κ3) is 4.80. The molecule has 0 saturated heterocycles. The van der Waals surface area contributed by atoms with E-state index in [0.29, 0.717) is 31.4 Å². The molecule has 0 N–H and O–H groups in total. The Balaban J connectivity index is 1.78. The maximum Gasteiger partial charge on any atom is 0.308 e. The minimum atomic E-state index is -0.409. The summed E-state index contributed by atoms with van der Waals surface area (Å²) in [5.41, 5.74) is 1.28. The number of hydrogen-bond donors (Lipinski definition) is 0. The second-order valence-electron chi connectivity index (χ2n) is 7.59. The molecule has 8 heteroatoms. The first-order valence-corrected chi connectivity index (χ1v) is 11.8. The second kappa shape index (κ2) is 9.44. The Morgan fingerprint density at radius 1 is 1.16 bits per heavy atom. The lowest BCUT2D eigenvalue weighted by molar-refractivity contribution is -0.131. The van der Waals surface area contributed by atoms with Crippen LogP contribution >= 0.6 is 31.9 Å². The van der Waals surface area contributed by atoms with Crippen LogP contribution in [0.2, 0.25) is 0 Å². The fourth-order valence-electron chi connectivity index (χ4n) is 3.90. The molecule has 160 valence electrons. The number of nitrogens with zero attached hydrogens (tertiary/aromatic N) is 3. The topological polar surface area (TPSA) is 73.5 Å². The summed E-state index contributed by atoms with van der Waals surface area (Å²) in [6.45, 7) is 1.35. The highest BCUT2D eigenvalue weighted by Crippen LogP contribution is 2.35.